The minimum absolute atomic E-state index is 0.0279. The molecule has 1 atom stereocenters. The molecule has 0 aliphatic rings. The van der Waals surface area contributed by atoms with E-state index in [2.05, 4.69) is 5.32 Å². The summed E-state index contributed by atoms with van der Waals surface area (Å²) in [5.74, 6) is -0.148. The van der Waals surface area contributed by atoms with Gasteiger partial charge in [0, 0.05) is 23.2 Å². The lowest BCUT2D eigenvalue weighted by Crippen LogP contribution is -2.19. The van der Waals surface area contributed by atoms with E-state index in [0.29, 0.717) is 6.54 Å². The zero-order chi connectivity index (χ0) is 13.0. The zero-order valence-corrected chi connectivity index (χ0v) is 10.8. The van der Waals surface area contributed by atoms with Crippen LogP contribution in [0.3, 0.4) is 0 Å². The van der Waals surface area contributed by atoms with Gasteiger partial charge >= 0.3 is 0 Å². The fourth-order valence-corrected chi connectivity index (χ4v) is 2.48. The lowest BCUT2D eigenvalue weighted by atomic mass is 10.2. The van der Waals surface area contributed by atoms with E-state index in [1.165, 1.54) is 13.2 Å². The van der Waals surface area contributed by atoms with Gasteiger partial charge in [-0.3, -0.25) is 0 Å². The summed E-state index contributed by atoms with van der Waals surface area (Å²) in [4.78, 5) is 1.15. The number of methoxy groups -OCH3 is 1. The molecule has 1 aromatic carbocycles. The number of ether oxygens (including phenoxy) is 1. The molecule has 0 saturated heterocycles. The van der Waals surface area contributed by atoms with E-state index in [4.69, 9.17) is 10.5 Å². The van der Waals surface area contributed by atoms with Gasteiger partial charge in [-0.1, -0.05) is 6.07 Å². The number of hydrogen-bond donors (Lipinski definition) is 2. The average Bonchev–Trinajstić information content (AvgIpc) is 2.91. The van der Waals surface area contributed by atoms with Crippen molar-refractivity contribution in [2.45, 2.75) is 6.04 Å². The first-order valence-corrected chi connectivity index (χ1v) is 6.46. The summed E-state index contributed by atoms with van der Waals surface area (Å²) in [6.07, 6.45) is 0. The molecule has 1 unspecified atom stereocenters. The molecule has 0 spiro atoms. The zero-order valence-electron chi connectivity index (χ0n) is 10.0. The van der Waals surface area contributed by atoms with Gasteiger partial charge in [0.05, 0.1) is 13.2 Å². The molecule has 0 aliphatic heterocycles. The minimum atomic E-state index is -0.372. The van der Waals surface area contributed by atoms with Gasteiger partial charge < -0.3 is 15.8 Å². The van der Waals surface area contributed by atoms with Crippen molar-refractivity contribution < 1.29 is 9.13 Å². The number of thiophene rings is 1. The highest BCUT2D eigenvalue weighted by Crippen LogP contribution is 2.26. The Balaban J connectivity index is 2.17. The second-order valence-corrected chi connectivity index (χ2v) is 4.78. The van der Waals surface area contributed by atoms with Crippen LogP contribution in [0.2, 0.25) is 0 Å². The molecule has 0 bridgehead atoms. The van der Waals surface area contributed by atoms with Crippen LogP contribution in [-0.2, 0) is 0 Å². The SMILES string of the molecule is COc1cc(NC(CN)c2cccs2)ccc1F. The Morgan fingerprint density at radius 3 is 2.89 bits per heavy atom. The van der Waals surface area contributed by atoms with Gasteiger partial charge in [-0.05, 0) is 23.6 Å². The topological polar surface area (TPSA) is 47.3 Å². The molecule has 2 rings (SSSR count). The Bertz CT molecular complexity index is 502. The van der Waals surface area contributed by atoms with Crippen molar-refractivity contribution in [2.24, 2.45) is 5.73 Å². The second kappa shape index (κ2) is 5.84. The van der Waals surface area contributed by atoms with Crippen molar-refractivity contribution >= 4 is 17.0 Å². The van der Waals surface area contributed by atoms with E-state index in [0.717, 1.165) is 10.6 Å². The first kappa shape index (κ1) is 12.9. The molecule has 0 saturated carbocycles. The number of nitrogens with one attached hydrogen (secondary N) is 1. The Hall–Kier alpha value is -1.59. The van der Waals surface area contributed by atoms with Gasteiger partial charge in [-0.15, -0.1) is 11.3 Å². The Morgan fingerprint density at radius 2 is 2.28 bits per heavy atom. The van der Waals surface area contributed by atoms with E-state index in [-0.39, 0.29) is 17.6 Å². The molecule has 1 aromatic heterocycles. The molecule has 0 amide bonds. The first-order valence-electron chi connectivity index (χ1n) is 5.58. The number of nitrogens with two attached hydrogens (primary N) is 1. The van der Waals surface area contributed by atoms with Crippen molar-refractivity contribution in [3.8, 4) is 5.75 Å². The maximum atomic E-state index is 13.3. The lowest BCUT2D eigenvalue weighted by Gasteiger charge is -2.17. The summed E-state index contributed by atoms with van der Waals surface area (Å²) < 4.78 is 18.2. The van der Waals surface area contributed by atoms with Crippen LogP contribution >= 0.6 is 11.3 Å². The molecule has 0 radical (unpaired) electrons. The van der Waals surface area contributed by atoms with Gasteiger partial charge in [0.15, 0.2) is 11.6 Å². The number of anilines is 1. The highest BCUT2D eigenvalue weighted by atomic mass is 32.1. The van der Waals surface area contributed by atoms with Gasteiger partial charge in [0.2, 0.25) is 0 Å². The van der Waals surface area contributed by atoms with Crippen molar-refractivity contribution in [3.05, 3.63) is 46.4 Å². The number of benzene rings is 1. The summed E-state index contributed by atoms with van der Waals surface area (Å²) in [6.45, 7) is 0.472. The molecule has 5 heteroatoms. The maximum absolute atomic E-state index is 13.3. The molecule has 96 valence electrons. The number of hydrogen-bond acceptors (Lipinski definition) is 4. The average molecular weight is 266 g/mol. The Labute approximate surface area is 109 Å². The predicted molar refractivity (Wildman–Crippen MR) is 72.7 cm³/mol. The third-order valence-electron chi connectivity index (χ3n) is 2.61. The fraction of sp³-hybridized carbons (Fsp3) is 0.231. The summed E-state index contributed by atoms with van der Waals surface area (Å²) >= 11 is 1.64. The standard InChI is InChI=1S/C13H15FN2OS/c1-17-12-7-9(4-5-10(12)14)16-11(8-15)13-3-2-6-18-13/h2-7,11,16H,8,15H2,1H3. The second-order valence-electron chi connectivity index (χ2n) is 3.80. The highest BCUT2D eigenvalue weighted by molar-refractivity contribution is 7.10. The molecular formula is C13H15FN2OS. The van der Waals surface area contributed by atoms with Gasteiger partial charge in [-0.25, -0.2) is 4.39 Å². The molecule has 18 heavy (non-hydrogen) atoms. The van der Waals surface area contributed by atoms with Crippen LogP contribution < -0.4 is 15.8 Å². The fourth-order valence-electron chi connectivity index (χ4n) is 1.69. The molecule has 0 aliphatic carbocycles. The number of halogens is 1. The predicted octanol–water partition coefficient (Wildman–Crippen LogP) is 3.01. The monoisotopic (exact) mass is 266 g/mol. The van der Waals surface area contributed by atoms with Crippen LogP contribution in [0.5, 0.6) is 5.75 Å². The summed E-state index contributed by atoms with van der Waals surface area (Å²) in [5, 5.41) is 5.28. The van der Waals surface area contributed by atoms with Gasteiger partial charge in [0.25, 0.3) is 0 Å². The third-order valence-corrected chi connectivity index (χ3v) is 3.60. The molecule has 1 heterocycles. The van der Waals surface area contributed by atoms with Crippen LogP contribution in [0, 0.1) is 5.82 Å². The van der Waals surface area contributed by atoms with Crippen molar-refractivity contribution in [1.82, 2.24) is 0 Å². The molecule has 3 nitrogen and oxygen atoms in total. The third kappa shape index (κ3) is 2.80. The van der Waals surface area contributed by atoms with Gasteiger partial charge in [-0.2, -0.15) is 0 Å². The molecule has 3 N–H and O–H groups in total. The van der Waals surface area contributed by atoms with Gasteiger partial charge in [0.1, 0.15) is 0 Å². The van der Waals surface area contributed by atoms with Crippen molar-refractivity contribution in [2.75, 3.05) is 19.0 Å². The smallest absolute Gasteiger partial charge is 0.165 e. The van der Waals surface area contributed by atoms with Crippen LogP contribution in [0.25, 0.3) is 0 Å². The summed E-state index contributed by atoms with van der Waals surface area (Å²) in [5.41, 5.74) is 6.54. The van der Waals surface area contributed by atoms with Crippen LogP contribution in [0.15, 0.2) is 35.7 Å². The Kier molecular flexibility index (Phi) is 4.17. The number of rotatable bonds is 5. The Morgan fingerprint density at radius 1 is 1.44 bits per heavy atom. The van der Waals surface area contributed by atoms with Crippen LogP contribution in [0.1, 0.15) is 10.9 Å². The van der Waals surface area contributed by atoms with E-state index < -0.39 is 0 Å². The van der Waals surface area contributed by atoms with E-state index in [9.17, 15) is 4.39 Å². The van der Waals surface area contributed by atoms with E-state index in [1.807, 2.05) is 17.5 Å². The van der Waals surface area contributed by atoms with E-state index >= 15 is 0 Å². The molecular weight excluding hydrogens is 251 g/mol. The van der Waals surface area contributed by atoms with Crippen LogP contribution in [0.4, 0.5) is 10.1 Å². The summed E-state index contributed by atoms with van der Waals surface area (Å²) in [7, 11) is 1.45. The minimum Gasteiger partial charge on any atom is -0.494 e. The molecule has 2 aromatic rings. The summed E-state index contributed by atoms with van der Waals surface area (Å²) in [6, 6.07) is 8.72. The van der Waals surface area contributed by atoms with Crippen molar-refractivity contribution in [3.63, 3.8) is 0 Å². The quantitative estimate of drug-likeness (QED) is 0.874. The molecule has 0 fully saturated rings. The largest absolute Gasteiger partial charge is 0.494 e. The van der Waals surface area contributed by atoms with Crippen LogP contribution in [-0.4, -0.2) is 13.7 Å². The maximum Gasteiger partial charge on any atom is 0.165 e. The normalized spacial score (nSPS) is 12.2. The van der Waals surface area contributed by atoms with Crippen molar-refractivity contribution in [1.29, 1.82) is 0 Å². The first-order chi connectivity index (χ1) is 8.74. The lowest BCUT2D eigenvalue weighted by molar-refractivity contribution is 0.387. The van der Waals surface area contributed by atoms with E-state index in [1.54, 1.807) is 23.5 Å². The highest BCUT2D eigenvalue weighted by Gasteiger charge is 2.11.